The minimum atomic E-state index is -0.333. The number of ether oxygens (including phenoxy) is 2. The number of methoxy groups -OCH3 is 1. The third-order valence-corrected chi connectivity index (χ3v) is 3.86. The minimum absolute atomic E-state index is 0.0124. The van der Waals surface area contributed by atoms with Crippen LogP contribution in [0.15, 0.2) is 66.3 Å². The molecule has 0 saturated carbocycles. The van der Waals surface area contributed by atoms with Gasteiger partial charge in [-0.3, -0.25) is 4.79 Å². The normalized spacial score (nSPS) is 11.0. The number of hydrogen-bond acceptors (Lipinski definition) is 5. The van der Waals surface area contributed by atoms with E-state index < -0.39 is 0 Å². The van der Waals surface area contributed by atoms with Crippen LogP contribution in [0.1, 0.15) is 29.8 Å². The maximum absolute atomic E-state index is 12.3. The van der Waals surface area contributed by atoms with Crippen molar-refractivity contribution >= 4 is 12.1 Å². The predicted octanol–water partition coefficient (Wildman–Crippen LogP) is 3.43. The van der Waals surface area contributed by atoms with Gasteiger partial charge in [0, 0.05) is 23.6 Å². The van der Waals surface area contributed by atoms with Gasteiger partial charge in [0.25, 0.3) is 5.91 Å². The van der Waals surface area contributed by atoms with Crippen molar-refractivity contribution in [1.29, 1.82) is 0 Å². The molecule has 3 aromatic rings. The fourth-order valence-electron chi connectivity index (χ4n) is 2.53. The van der Waals surface area contributed by atoms with Crippen LogP contribution >= 0.6 is 0 Å². The SMILES string of the molecule is COc1cc(C(=O)NN=Cc2ccc(-n3ccnc3)cc2)ccc1OC(C)C. The van der Waals surface area contributed by atoms with E-state index in [1.165, 1.54) is 7.11 Å². The number of nitrogens with zero attached hydrogens (tertiary/aromatic N) is 3. The lowest BCUT2D eigenvalue weighted by Gasteiger charge is -2.14. The first-order chi connectivity index (χ1) is 13.6. The molecular formula is C21H22N4O3. The third kappa shape index (κ3) is 4.76. The number of aromatic nitrogens is 2. The van der Waals surface area contributed by atoms with Crippen LogP contribution in [0, 0.1) is 0 Å². The third-order valence-electron chi connectivity index (χ3n) is 3.86. The van der Waals surface area contributed by atoms with Crippen LogP contribution in [-0.4, -0.2) is 34.9 Å². The second-order valence-corrected chi connectivity index (χ2v) is 6.29. The fraction of sp³-hybridized carbons (Fsp3) is 0.190. The number of hydrazone groups is 1. The molecule has 0 atom stereocenters. The van der Waals surface area contributed by atoms with Gasteiger partial charge in [-0.15, -0.1) is 0 Å². The standard InChI is InChI=1S/C21H22N4O3/c1-15(2)28-19-9-6-17(12-20(19)27-3)21(26)24-23-13-16-4-7-18(8-5-16)25-11-10-22-14-25/h4-15H,1-3H3,(H,24,26). The zero-order valence-corrected chi connectivity index (χ0v) is 16.0. The summed E-state index contributed by atoms with van der Waals surface area (Å²) < 4.78 is 12.9. The van der Waals surface area contributed by atoms with Crippen LogP contribution in [0.25, 0.3) is 5.69 Å². The molecule has 0 fully saturated rings. The number of imidazole rings is 1. The number of nitrogens with one attached hydrogen (secondary N) is 1. The fourth-order valence-corrected chi connectivity index (χ4v) is 2.53. The molecule has 144 valence electrons. The van der Waals surface area contributed by atoms with E-state index >= 15 is 0 Å². The van der Waals surface area contributed by atoms with Gasteiger partial charge in [0.05, 0.1) is 25.8 Å². The number of rotatable bonds is 7. The van der Waals surface area contributed by atoms with Gasteiger partial charge >= 0.3 is 0 Å². The van der Waals surface area contributed by atoms with Gasteiger partial charge in [0.15, 0.2) is 11.5 Å². The molecule has 0 bridgehead atoms. The van der Waals surface area contributed by atoms with Crippen molar-refractivity contribution in [2.24, 2.45) is 5.10 Å². The van der Waals surface area contributed by atoms with Gasteiger partial charge in [-0.1, -0.05) is 12.1 Å². The van der Waals surface area contributed by atoms with Gasteiger partial charge in [0.2, 0.25) is 0 Å². The van der Waals surface area contributed by atoms with Gasteiger partial charge in [-0.05, 0) is 49.7 Å². The Balaban J connectivity index is 1.63. The molecule has 0 unspecified atom stereocenters. The van der Waals surface area contributed by atoms with Crippen molar-refractivity contribution in [2.45, 2.75) is 20.0 Å². The molecule has 0 aliphatic rings. The molecule has 3 rings (SSSR count). The highest BCUT2D eigenvalue weighted by atomic mass is 16.5. The summed E-state index contributed by atoms with van der Waals surface area (Å²) in [6, 6.07) is 12.7. The predicted molar refractivity (Wildman–Crippen MR) is 107 cm³/mol. The maximum atomic E-state index is 12.3. The molecule has 0 aliphatic carbocycles. The number of hydrogen-bond donors (Lipinski definition) is 1. The lowest BCUT2D eigenvalue weighted by atomic mass is 10.2. The lowest BCUT2D eigenvalue weighted by molar-refractivity contribution is 0.0954. The average Bonchev–Trinajstić information content (AvgIpc) is 3.23. The van der Waals surface area contributed by atoms with E-state index in [0.717, 1.165) is 11.3 Å². The molecule has 0 saturated heterocycles. The zero-order chi connectivity index (χ0) is 19.9. The molecule has 28 heavy (non-hydrogen) atoms. The van der Waals surface area contributed by atoms with Gasteiger partial charge in [0.1, 0.15) is 0 Å². The van der Waals surface area contributed by atoms with Crippen molar-refractivity contribution in [3.63, 3.8) is 0 Å². The highest BCUT2D eigenvalue weighted by molar-refractivity contribution is 5.95. The first-order valence-electron chi connectivity index (χ1n) is 8.83. The summed E-state index contributed by atoms with van der Waals surface area (Å²) in [5.74, 6) is 0.761. The number of carbonyl (C=O) groups is 1. The Hall–Kier alpha value is -3.61. The molecule has 0 radical (unpaired) electrons. The number of amides is 1. The maximum Gasteiger partial charge on any atom is 0.271 e. The quantitative estimate of drug-likeness (QED) is 0.505. The zero-order valence-electron chi connectivity index (χ0n) is 16.0. The number of benzene rings is 2. The second kappa shape index (κ2) is 8.85. The van der Waals surface area contributed by atoms with Crippen LogP contribution in [0.2, 0.25) is 0 Å². The van der Waals surface area contributed by atoms with Crippen LogP contribution < -0.4 is 14.9 Å². The summed E-state index contributed by atoms with van der Waals surface area (Å²) in [5.41, 5.74) is 4.81. The van der Waals surface area contributed by atoms with Gasteiger partial charge in [-0.2, -0.15) is 5.10 Å². The molecule has 2 aromatic carbocycles. The Morgan fingerprint density at radius 3 is 2.61 bits per heavy atom. The molecule has 0 aliphatic heterocycles. The van der Waals surface area contributed by atoms with Crippen molar-refractivity contribution in [3.05, 3.63) is 72.3 Å². The molecule has 1 aromatic heterocycles. The molecular weight excluding hydrogens is 356 g/mol. The van der Waals surface area contributed by atoms with Crippen molar-refractivity contribution in [3.8, 4) is 17.2 Å². The first-order valence-corrected chi connectivity index (χ1v) is 8.83. The highest BCUT2D eigenvalue weighted by Crippen LogP contribution is 2.28. The Labute approximate surface area is 163 Å². The Morgan fingerprint density at radius 2 is 1.96 bits per heavy atom. The second-order valence-electron chi connectivity index (χ2n) is 6.29. The molecule has 7 nitrogen and oxygen atoms in total. The van der Waals surface area contributed by atoms with Crippen molar-refractivity contribution in [2.75, 3.05) is 7.11 Å². The van der Waals surface area contributed by atoms with Crippen LogP contribution in [0.5, 0.6) is 11.5 Å². The highest BCUT2D eigenvalue weighted by Gasteiger charge is 2.11. The Bertz CT molecular complexity index is 948. The Morgan fingerprint density at radius 1 is 1.18 bits per heavy atom. The summed E-state index contributed by atoms with van der Waals surface area (Å²) in [5, 5.41) is 4.02. The van der Waals surface area contributed by atoms with Crippen LogP contribution in [0.3, 0.4) is 0 Å². The first kappa shape index (κ1) is 19.2. The minimum Gasteiger partial charge on any atom is -0.493 e. The van der Waals surface area contributed by atoms with E-state index in [9.17, 15) is 4.79 Å². The smallest absolute Gasteiger partial charge is 0.271 e. The molecule has 1 heterocycles. The summed E-state index contributed by atoms with van der Waals surface area (Å²) in [4.78, 5) is 16.3. The van der Waals surface area contributed by atoms with Crippen LogP contribution in [0.4, 0.5) is 0 Å². The Kier molecular flexibility index (Phi) is 6.06. The van der Waals surface area contributed by atoms with E-state index in [2.05, 4.69) is 15.5 Å². The molecule has 7 heteroatoms. The van der Waals surface area contributed by atoms with E-state index in [1.807, 2.05) is 48.9 Å². The summed E-state index contributed by atoms with van der Waals surface area (Å²) in [6.07, 6.45) is 6.92. The van der Waals surface area contributed by atoms with E-state index in [4.69, 9.17) is 9.47 Å². The molecule has 0 spiro atoms. The largest absolute Gasteiger partial charge is 0.493 e. The van der Waals surface area contributed by atoms with Crippen LogP contribution in [-0.2, 0) is 0 Å². The molecule has 1 N–H and O–H groups in total. The van der Waals surface area contributed by atoms with Gasteiger partial charge in [-0.25, -0.2) is 10.4 Å². The number of carbonyl (C=O) groups excluding carboxylic acids is 1. The van der Waals surface area contributed by atoms with Gasteiger partial charge < -0.3 is 14.0 Å². The summed E-state index contributed by atoms with van der Waals surface area (Å²) in [7, 11) is 1.54. The topological polar surface area (TPSA) is 77.7 Å². The lowest BCUT2D eigenvalue weighted by Crippen LogP contribution is -2.18. The summed E-state index contributed by atoms with van der Waals surface area (Å²) >= 11 is 0. The monoisotopic (exact) mass is 378 g/mol. The van der Waals surface area contributed by atoms with E-state index in [1.54, 1.807) is 36.9 Å². The van der Waals surface area contributed by atoms with Crippen molar-refractivity contribution in [1.82, 2.24) is 15.0 Å². The van der Waals surface area contributed by atoms with E-state index in [0.29, 0.717) is 17.1 Å². The van der Waals surface area contributed by atoms with E-state index in [-0.39, 0.29) is 12.0 Å². The average molecular weight is 378 g/mol. The molecule has 1 amide bonds. The summed E-state index contributed by atoms with van der Waals surface area (Å²) in [6.45, 7) is 3.85. The van der Waals surface area contributed by atoms with Crippen molar-refractivity contribution < 1.29 is 14.3 Å².